The highest BCUT2D eigenvalue weighted by molar-refractivity contribution is 6.01. The monoisotopic (exact) mass is 499 g/mol. The molecule has 0 aromatic heterocycles. The van der Waals surface area contributed by atoms with E-state index in [9.17, 15) is 9.59 Å². The summed E-state index contributed by atoms with van der Waals surface area (Å²) in [6.45, 7) is 8.33. The lowest BCUT2D eigenvalue weighted by Gasteiger charge is -2.27. The Morgan fingerprint density at radius 1 is 1.14 bits per heavy atom. The van der Waals surface area contributed by atoms with Crippen LogP contribution in [0.1, 0.15) is 82.1 Å². The van der Waals surface area contributed by atoms with Crippen molar-refractivity contribution in [1.29, 1.82) is 0 Å². The highest BCUT2D eigenvalue weighted by atomic mass is 16.6. The summed E-state index contributed by atoms with van der Waals surface area (Å²) < 4.78 is 11.2. The number of primary amides is 1. The van der Waals surface area contributed by atoms with Gasteiger partial charge in [-0.25, -0.2) is 0 Å². The summed E-state index contributed by atoms with van der Waals surface area (Å²) in [6, 6.07) is 5.20. The molecule has 2 rings (SSSR count). The van der Waals surface area contributed by atoms with Crippen LogP contribution in [0.2, 0.25) is 0 Å². The molecule has 0 aliphatic heterocycles. The lowest BCUT2D eigenvalue weighted by atomic mass is 9.83. The van der Waals surface area contributed by atoms with E-state index in [0.717, 1.165) is 36.8 Å². The third-order valence-corrected chi connectivity index (χ3v) is 6.33. The standard InChI is InChI=1S/C28H41N3O5/c1-8-9-10-11-18(20-16-23(31-36-7)25(35-6)17-24(20)34-5)15-26(32)30-22-14-19(27(29)33)12-13-21(22)28(2,3)4/h12-14,17-18H,8-11,15-16H2,1-7H3,(H2,29,33)(H,30,32). The molecule has 198 valence electrons. The van der Waals surface area contributed by atoms with E-state index in [1.807, 2.05) is 6.07 Å². The number of hydrogen-bond acceptors (Lipinski definition) is 6. The van der Waals surface area contributed by atoms with E-state index in [1.165, 1.54) is 7.11 Å². The van der Waals surface area contributed by atoms with Crippen molar-refractivity contribution in [3.63, 3.8) is 0 Å². The molecule has 36 heavy (non-hydrogen) atoms. The van der Waals surface area contributed by atoms with Crippen molar-refractivity contribution in [2.24, 2.45) is 16.8 Å². The van der Waals surface area contributed by atoms with Crippen LogP contribution in [-0.4, -0.2) is 38.9 Å². The summed E-state index contributed by atoms with van der Waals surface area (Å²) in [5.74, 6) is 0.514. The fourth-order valence-corrected chi connectivity index (χ4v) is 4.47. The van der Waals surface area contributed by atoms with Gasteiger partial charge in [-0.1, -0.05) is 58.2 Å². The molecule has 0 saturated heterocycles. The number of methoxy groups -OCH3 is 2. The summed E-state index contributed by atoms with van der Waals surface area (Å²) in [7, 11) is 4.69. The zero-order chi connectivity index (χ0) is 26.9. The van der Waals surface area contributed by atoms with Crippen LogP contribution in [0.15, 0.2) is 46.5 Å². The van der Waals surface area contributed by atoms with Crippen LogP contribution in [0, 0.1) is 5.92 Å². The smallest absolute Gasteiger partial charge is 0.248 e. The summed E-state index contributed by atoms with van der Waals surface area (Å²) in [5, 5.41) is 7.19. The number of hydrogen-bond donors (Lipinski definition) is 2. The van der Waals surface area contributed by atoms with Crippen molar-refractivity contribution >= 4 is 23.2 Å². The molecular weight excluding hydrogens is 458 g/mol. The van der Waals surface area contributed by atoms with Crippen LogP contribution in [0.4, 0.5) is 5.69 Å². The van der Waals surface area contributed by atoms with E-state index in [2.05, 4.69) is 38.2 Å². The molecule has 1 aliphatic rings. The van der Waals surface area contributed by atoms with Gasteiger partial charge < -0.3 is 25.4 Å². The molecule has 0 fully saturated rings. The number of oxime groups is 1. The summed E-state index contributed by atoms with van der Waals surface area (Å²) in [6.07, 6.45) is 6.48. The van der Waals surface area contributed by atoms with E-state index >= 15 is 0 Å². The van der Waals surface area contributed by atoms with Gasteiger partial charge in [-0.05, 0) is 41.0 Å². The van der Waals surface area contributed by atoms with Crippen molar-refractivity contribution in [2.45, 2.75) is 71.6 Å². The minimum atomic E-state index is -0.536. The predicted octanol–water partition coefficient (Wildman–Crippen LogP) is 5.45. The van der Waals surface area contributed by atoms with Gasteiger partial charge >= 0.3 is 0 Å². The number of allylic oxidation sites excluding steroid dienone is 3. The topological polar surface area (TPSA) is 112 Å². The molecule has 0 heterocycles. The van der Waals surface area contributed by atoms with Gasteiger partial charge in [0.1, 0.15) is 24.3 Å². The first-order valence-corrected chi connectivity index (χ1v) is 12.4. The Labute approximate surface area is 214 Å². The molecule has 1 atom stereocenters. The summed E-state index contributed by atoms with van der Waals surface area (Å²) >= 11 is 0. The summed E-state index contributed by atoms with van der Waals surface area (Å²) in [5.41, 5.74) is 8.79. The average Bonchev–Trinajstić information content (AvgIpc) is 2.82. The fourth-order valence-electron chi connectivity index (χ4n) is 4.47. The second-order valence-corrected chi connectivity index (χ2v) is 10.0. The Kier molecular flexibility index (Phi) is 10.6. The number of ether oxygens (including phenoxy) is 2. The van der Waals surface area contributed by atoms with Gasteiger partial charge in [0, 0.05) is 30.2 Å². The zero-order valence-corrected chi connectivity index (χ0v) is 22.7. The molecule has 3 N–H and O–H groups in total. The van der Waals surface area contributed by atoms with Crippen LogP contribution in [0.5, 0.6) is 0 Å². The first kappa shape index (κ1) is 28.9. The number of nitrogens with two attached hydrogens (primary N) is 1. The van der Waals surface area contributed by atoms with Gasteiger partial charge in [0.15, 0.2) is 0 Å². The normalized spacial score (nSPS) is 15.9. The quantitative estimate of drug-likeness (QED) is 0.294. The zero-order valence-electron chi connectivity index (χ0n) is 22.7. The molecule has 8 heteroatoms. The Morgan fingerprint density at radius 3 is 2.42 bits per heavy atom. The van der Waals surface area contributed by atoms with Crippen molar-refractivity contribution in [3.05, 3.63) is 52.5 Å². The number of anilines is 1. The molecule has 0 radical (unpaired) electrons. The van der Waals surface area contributed by atoms with E-state index in [0.29, 0.717) is 34.9 Å². The van der Waals surface area contributed by atoms with Gasteiger partial charge in [0.25, 0.3) is 0 Å². The van der Waals surface area contributed by atoms with Gasteiger partial charge in [0.05, 0.1) is 14.2 Å². The van der Waals surface area contributed by atoms with Gasteiger partial charge in [-0.2, -0.15) is 0 Å². The minimum Gasteiger partial charge on any atom is -0.497 e. The molecule has 8 nitrogen and oxygen atoms in total. The van der Waals surface area contributed by atoms with E-state index < -0.39 is 5.91 Å². The van der Waals surface area contributed by atoms with Gasteiger partial charge in [-0.3, -0.25) is 9.59 Å². The first-order valence-electron chi connectivity index (χ1n) is 12.4. The molecule has 0 spiro atoms. The lowest BCUT2D eigenvalue weighted by molar-refractivity contribution is -0.116. The second kappa shape index (κ2) is 13.1. The molecule has 1 unspecified atom stereocenters. The Balaban J connectivity index is 2.41. The van der Waals surface area contributed by atoms with Gasteiger partial charge in [-0.15, -0.1) is 0 Å². The largest absolute Gasteiger partial charge is 0.497 e. The molecule has 0 saturated carbocycles. The summed E-state index contributed by atoms with van der Waals surface area (Å²) in [4.78, 5) is 30.2. The van der Waals surface area contributed by atoms with Crippen LogP contribution in [-0.2, 0) is 24.5 Å². The molecular formula is C28H41N3O5. The van der Waals surface area contributed by atoms with E-state index in [-0.39, 0.29) is 23.7 Å². The molecule has 1 aliphatic carbocycles. The van der Waals surface area contributed by atoms with E-state index in [4.69, 9.17) is 20.0 Å². The van der Waals surface area contributed by atoms with E-state index in [1.54, 1.807) is 32.4 Å². The Bertz CT molecular complexity index is 1030. The lowest BCUT2D eigenvalue weighted by Crippen LogP contribution is -2.25. The minimum absolute atomic E-state index is 0.0689. The predicted molar refractivity (Wildman–Crippen MR) is 143 cm³/mol. The van der Waals surface area contributed by atoms with Crippen LogP contribution < -0.4 is 11.1 Å². The second-order valence-electron chi connectivity index (χ2n) is 10.0. The van der Waals surface area contributed by atoms with Crippen molar-refractivity contribution in [2.75, 3.05) is 26.6 Å². The molecule has 0 bridgehead atoms. The maximum atomic E-state index is 13.4. The van der Waals surface area contributed by atoms with Crippen molar-refractivity contribution in [3.8, 4) is 0 Å². The van der Waals surface area contributed by atoms with Crippen LogP contribution in [0.25, 0.3) is 0 Å². The molecule has 2 amide bonds. The highest BCUT2D eigenvalue weighted by Crippen LogP contribution is 2.35. The average molecular weight is 500 g/mol. The first-order chi connectivity index (χ1) is 17.0. The number of nitrogens with zero attached hydrogens (tertiary/aromatic N) is 1. The van der Waals surface area contributed by atoms with Crippen LogP contribution in [0.3, 0.4) is 0 Å². The Hall–Kier alpha value is -3.29. The Morgan fingerprint density at radius 2 is 1.86 bits per heavy atom. The fraction of sp³-hybridized carbons (Fsp3) is 0.536. The molecule has 1 aromatic carbocycles. The third-order valence-electron chi connectivity index (χ3n) is 6.33. The maximum absolute atomic E-state index is 13.4. The van der Waals surface area contributed by atoms with Crippen LogP contribution >= 0.6 is 0 Å². The maximum Gasteiger partial charge on any atom is 0.248 e. The number of benzene rings is 1. The number of rotatable bonds is 12. The molecule has 1 aromatic rings. The third kappa shape index (κ3) is 7.60. The number of unbranched alkanes of at least 4 members (excludes halogenated alkanes) is 2. The SMILES string of the molecule is CCCCCC(CC(=O)Nc1cc(C(N)=O)ccc1C(C)(C)C)C1=C(OC)C=C(OC)C(=NOC)C1. The van der Waals surface area contributed by atoms with Crippen molar-refractivity contribution < 1.29 is 23.9 Å². The van der Waals surface area contributed by atoms with Crippen molar-refractivity contribution in [1.82, 2.24) is 0 Å². The number of carbonyl (C=O) groups excluding carboxylic acids is 2. The number of carbonyl (C=O) groups is 2. The highest BCUT2D eigenvalue weighted by Gasteiger charge is 2.29. The number of nitrogens with one attached hydrogen (secondary N) is 1. The van der Waals surface area contributed by atoms with Gasteiger partial charge in [0.2, 0.25) is 11.8 Å². The number of amides is 2.